The van der Waals surface area contributed by atoms with Gasteiger partial charge in [-0.15, -0.1) is 11.3 Å². The molecule has 0 aliphatic carbocycles. The largest absolute Gasteiger partial charge is 0.458 e. The fourth-order valence-electron chi connectivity index (χ4n) is 1.57. The van der Waals surface area contributed by atoms with Gasteiger partial charge in [0.25, 0.3) is 0 Å². The van der Waals surface area contributed by atoms with Gasteiger partial charge >= 0.3 is 5.97 Å². The van der Waals surface area contributed by atoms with Crippen LogP contribution in [0, 0.1) is 0 Å². The minimum Gasteiger partial charge on any atom is -0.458 e. The van der Waals surface area contributed by atoms with E-state index in [1.165, 1.54) is 30.6 Å². The van der Waals surface area contributed by atoms with Gasteiger partial charge in [-0.1, -0.05) is 0 Å². The van der Waals surface area contributed by atoms with Crippen molar-refractivity contribution in [1.82, 2.24) is 4.98 Å². The molecule has 10 heteroatoms. The van der Waals surface area contributed by atoms with E-state index in [1.807, 2.05) is 0 Å². The summed E-state index contributed by atoms with van der Waals surface area (Å²) in [5.74, 6) is -0.532. The monoisotopic (exact) mass is 357 g/mol. The normalized spacial score (nSPS) is 11.2. The van der Waals surface area contributed by atoms with Gasteiger partial charge in [0, 0.05) is 18.2 Å². The Kier molecular flexibility index (Phi) is 5.66. The highest BCUT2D eigenvalue weighted by molar-refractivity contribution is 7.89. The average molecular weight is 357 g/mol. The number of anilines is 2. The molecule has 2 aromatic rings. The molecule has 0 fully saturated rings. The van der Waals surface area contributed by atoms with Crippen molar-refractivity contribution >= 4 is 38.1 Å². The van der Waals surface area contributed by atoms with Gasteiger partial charge in [0.15, 0.2) is 10.8 Å². The number of benzene rings is 1. The minimum atomic E-state index is -3.72. The third-order valence-electron chi connectivity index (χ3n) is 2.67. The number of hydrogen-bond donors (Lipinski definition) is 2. The lowest BCUT2D eigenvalue weighted by Gasteiger charge is -2.04. The van der Waals surface area contributed by atoms with Crippen LogP contribution in [0.15, 0.2) is 34.5 Å². The van der Waals surface area contributed by atoms with Crippen LogP contribution in [0.4, 0.5) is 10.8 Å². The number of nitrogens with two attached hydrogens (primary N) is 1. The van der Waals surface area contributed by atoms with Crippen molar-refractivity contribution in [2.24, 2.45) is 5.14 Å². The van der Waals surface area contributed by atoms with Crippen molar-refractivity contribution in [1.29, 1.82) is 0 Å². The molecule has 1 heterocycles. The summed E-state index contributed by atoms with van der Waals surface area (Å²) in [5, 5.41) is 10.0. The maximum absolute atomic E-state index is 11.7. The van der Waals surface area contributed by atoms with Gasteiger partial charge < -0.3 is 14.8 Å². The number of carbonyl (C=O) groups excluding carboxylic acids is 1. The molecule has 0 aliphatic rings. The van der Waals surface area contributed by atoms with Crippen LogP contribution in [-0.2, 0) is 19.5 Å². The molecule has 124 valence electrons. The SMILES string of the molecule is COCCOC(=O)c1csc(Nc2ccc(S(N)(=O)=O)cc2)n1. The first-order valence-corrected chi connectivity index (χ1v) is 8.84. The van der Waals surface area contributed by atoms with Crippen molar-refractivity contribution in [3.63, 3.8) is 0 Å². The number of aromatic nitrogens is 1. The molecule has 0 bridgehead atoms. The Balaban J connectivity index is 2.00. The molecule has 0 radical (unpaired) electrons. The molecule has 1 aromatic carbocycles. The molecule has 0 atom stereocenters. The van der Waals surface area contributed by atoms with Crippen molar-refractivity contribution in [3.05, 3.63) is 35.3 Å². The third-order valence-corrected chi connectivity index (χ3v) is 4.36. The Labute approximate surface area is 137 Å². The summed E-state index contributed by atoms with van der Waals surface area (Å²) in [7, 11) is -2.21. The van der Waals surface area contributed by atoms with Gasteiger partial charge in [-0.3, -0.25) is 0 Å². The molecule has 0 unspecified atom stereocenters. The Bertz CT molecular complexity index is 771. The zero-order chi connectivity index (χ0) is 16.9. The number of ether oxygens (including phenoxy) is 2. The lowest BCUT2D eigenvalue weighted by atomic mass is 10.3. The average Bonchev–Trinajstić information content (AvgIpc) is 2.95. The van der Waals surface area contributed by atoms with Crippen LogP contribution in [0.25, 0.3) is 0 Å². The van der Waals surface area contributed by atoms with Gasteiger partial charge in [-0.05, 0) is 24.3 Å². The molecule has 0 aliphatic heterocycles. The molecule has 23 heavy (non-hydrogen) atoms. The number of thiazole rings is 1. The quantitative estimate of drug-likeness (QED) is 0.566. The molecule has 3 N–H and O–H groups in total. The number of hydrogen-bond acceptors (Lipinski definition) is 8. The molecule has 8 nitrogen and oxygen atoms in total. The lowest BCUT2D eigenvalue weighted by molar-refractivity contribution is 0.0382. The van der Waals surface area contributed by atoms with E-state index in [2.05, 4.69) is 10.3 Å². The zero-order valence-corrected chi connectivity index (χ0v) is 13.8. The summed E-state index contributed by atoms with van der Waals surface area (Å²) in [5.41, 5.74) is 0.806. The number of sulfonamides is 1. The number of esters is 1. The number of primary sulfonamides is 1. The molecular formula is C13H15N3O5S2. The second-order valence-electron chi connectivity index (χ2n) is 4.36. The van der Waals surface area contributed by atoms with Gasteiger partial charge in [0.2, 0.25) is 10.0 Å². The topological polar surface area (TPSA) is 121 Å². The van der Waals surface area contributed by atoms with E-state index in [0.717, 1.165) is 0 Å². The van der Waals surface area contributed by atoms with Crippen LogP contribution in [0.2, 0.25) is 0 Å². The molecule has 0 amide bonds. The number of methoxy groups -OCH3 is 1. The van der Waals surface area contributed by atoms with Gasteiger partial charge in [-0.2, -0.15) is 0 Å². The predicted molar refractivity (Wildman–Crippen MR) is 85.4 cm³/mol. The first-order chi connectivity index (χ1) is 10.9. The van der Waals surface area contributed by atoms with Crippen LogP contribution >= 0.6 is 11.3 Å². The Hall–Kier alpha value is -2.01. The van der Waals surface area contributed by atoms with E-state index in [0.29, 0.717) is 17.4 Å². The zero-order valence-electron chi connectivity index (χ0n) is 12.2. The molecule has 1 aromatic heterocycles. The van der Waals surface area contributed by atoms with Crippen molar-refractivity contribution < 1.29 is 22.7 Å². The molecule has 0 saturated heterocycles. The number of nitrogens with one attached hydrogen (secondary N) is 1. The van der Waals surface area contributed by atoms with E-state index in [9.17, 15) is 13.2 Å². The smallest absolute Gasteiger partial charge is 0.357 e. The summed E-state index contributed by atoms with van der Waals surface area (Å²) in [6, 6.07) is 5.87. The second kappa shape index (κ2) is 7.51. The first-order valence-electron chi connectivity index (χ1n) is 6.41. The van der Waals surface area contributed by atoms with E-state index in [4.69, 9.17) is 14.6 Å². The van der Waals surface area contributed by atoms with Crippen LogP contribution in [-0.4, -0.2) is 39.7 Å². The van der Waals surface area contributed by atoms with Gasteiger partial charge in [0.05, 0.1) is 11.5 Å². The maximum atomic E-state index is 11.7. The van der Waals surface area contributed by atoms with Crippen molar-refractivity contribution in [2.75, 3.05) is 25.6 Å². The summed E-state index contributed by atoms with van der Waals surface area (Å²) >= 11 is 1.22. The van der Waals surface area contributed by atoms with Crippen molar-refractivity contribution in [2.45, 2.75) is 4.90 Å². The predicted octanol–water partition coefficient (Wildman–Crippen LogP) is 1.34. The molecular weight excluding hydrogens is 342 g/mol. The van der Waals surface area contributed by atoms with Crippen molar-refractivity contribution in [3.8, 4) is 0 Å². The number of rotatable bonds is 7. The molecule has 2 rings (SSSR count). The Morgan fingerprint density at radius 2 is 2.00 bits per heavy atom. The third kappa shape index (κ3) is 4.99. The number of nitrogens with zero attached hydrogens (tertiary/aromatic N) is 1. The van der Waals surface area contributed by atoms with Gasteiger partial charge in [0.1, 0.15) is 6.61 Å². The Morgan fingerprint density at radius 1 is 1.30 bits per heavy atom. The van der Waals surface area contributed by atoms with E-state index < -0.39 is 16.0 Å². The van der Waals surface area contributed by atoms with Gasteiger partial charge in [-0.25, -0.2) is 23.3 Å². The maximum Gasteiger partial charge on any atom is 0.357 e. The van der Waals surface area contributed by atoms with E-state index in [1.54, 1.807) is 17.5 Å². The summed E-state index contributed by atoms with van der Waals surface area (Å²) in [6.07, 6.45) is 0. The van der Waals surface area contributed by atoms with E-state index in [-0.39, 0.29) is 17.2 Å². The summed E-state index contributed by atoms with van der Waals surface area (Å²) < 4.78 is 32.1. The van der Waals surface area contributed by atoms with E-state index >= 15 is 0 Å². The standard InChI is InChI=1S/C13H15N3O5S2/c1-20-6-7-21-12(17)11-8-22-13(16-11)15-9-2-4-10(5-3-9)23(14,18)19/h2-5,8H,6-7H2,1H3,(H,15,16)(H2,14,18,19). The Morgan fingerprint density at radius 3 is 2.61 bits per heavy atom. The van der Waals surface area contributed by atoms with Crippen LogP contribution in [0.5, 0.6) is 0 Å². The summed E-state index contributed by atoms with van der Waals surface area (Å²) in [4.78, 5) is 15.8. The first kappa shape index (κ1) is 17.3. The highest BCUT2D eigenvalue weighted by Crippen LogP contribution is 2.22. The highest BCUT2D eigenvalue weighted by atomic mass is 32.2. The lowest BCUT2D eigenvalue weighted by Crippen LogP contribution is -2.11. The minimum absolute atomic E-state index is 0.0181. The van der Waals surface area contributed by atoms with Crippen LogP contribution < -0.4 is 10.5 Å². The fourth-order valence-corrected chi connectivity index (χ4v) is 2.78. The molecule has 0 saturated carbocycles. The molecule has 0 spiro atoms. The number of carbonyl (C=O) groups is 1. The fraction of sp³-hybridized carbons (Fsp3) is 0.231. The van der Waals surface area contributed by atoms with Crippen LogP contribution in [0.3, 0.4) is 0 Å². The second-order valence-corrected chi connectivity index (χ2v) is 6.78. The highest BCUT2D eigenvalue weighted by Gasteiger charge is 2.12. The van der Waals surface area contributed by atoms with Crippen LogP contribution in [0.1, 0.15) is 10.5 Å². The summed E-state index contributed by atoms with van der Waals surface area (Å²) in [6.45, 7) is 0.474.